The van der Waals surface area contributed by atoms with Crippen molar-refractivity contribution >= 4 is 27.5 Å². The highest BCUT2D eigenvalue weighted by Gasteiger charge is 2.49. The number of rotatable bonds is 4. The van der Waals surface area contributed by atoms with Crippen LogP contribution in [0.4, 0.5) is 0 Å². The van der Waals surface area contributed by atoms with E-state index in [-0.39, 0.29) is 23.5 Å². The van der Waals surface area contributed by atoms with Crippen molar-refractivity contribution in [2.45, 2.75) is 29.9 Å². The Morgan fingerprint density at radius 2 is 1.69 bits per heavy atom. The third-order valence-corrected chi connectivity index (χ3v) is 7.77. The summed E-state index contributed by atoms with van der Waals surface area (Å²) in [5.74, 6) is -1.01. The Bertz CT molecular complexity index is 995. The van der Waals surface area contributed by atoms with E-state index in [1.54, 1.807) is 29.7 Å². The summed E-state index contributed by atoms with van der Waals surface area (Å²) in [6, 6.07) is 12.8. The van der Waals surface area contributed by atoms with Gasteiger partial charge in [-0.15, -0.1) is 0 Å². The van der Waals surface area contributed by atoms with E-state index in [9.17, 15) is 18.4 Å². The van der Waals surface area contributed by atoms with E-state index >= 15 is 0 Å². The fraction of sp³-hybridized carbons (Fsp3) is 0.350. The van der Waals surface area contributed by atoms with Crippen LogP contribution in [-0.4, -0.2) is 49.1 Å². The van der Waals surface area contributed by atoms with Gasteiger partial charge in [0.25, 0.3) is 5.91 Å². The molecule has 0 unspecified atom stereocenters. The maximum atomic E-state index is 13.3. The average Bonchev–Trinajstić information content (AvgIpc) is 3.22. The Morgan fingerprint density at radius 1 is 1.07 bits per heavy atom. The maximum Gasteiger partial charge on any atom is 0.262 e. The van der Waals surface area contributed by atoms with Gasteiger partial charge in [-0.25, -0.2) is 13.9 Å². The van der Waals surface area contributed by atoms with Gasteiger partial charge in [0.15, 0.2) is 0 Å². The summed E-state index contributed by atoms with van der Waals surface area (Å²) < 4.78 is 33.4. The van der Waals surface area contributed by atoms with Gasteiger partial charge in [0.2, 0.25) is 10.0 Å². The van der Waals surface area contributed by atoms with Crippen LogP contribution in [0.1, 0.15) is 12.8 Å². The van der Waals surface area contributed by atoms with Crippen LogP contribution in [0.15, 0.2) is 53.4 Å². The Labute approximate surface area is 174 Å². The van der Waals surface area contributed by atoms with E-state index < -0.39 is 22.0 Å². The smallest absolute Gasteiger partial charge is 0.262 e. The van der Waals surface area contributed by atoms with Crippen molar-refractivity contribution in [3.05, 3.63) is 53.6 Å². The summed E-state index contributed by atoms with van der Waals surface area (Å²) in [5.41, 5.74) is 3.40. The minimum Gasteiger partial charge on any atom is -0.378 e. The second kappa shape index (κ2) is 8.04. The molecule has 154 valence electrons. The molecule has 0 saturated carbocycles. The highest BCUT2D eigenvalue weighted by atomic mass is 35.5. The molecule has 2 aliphatic rings. The molecule has 4 rings (SSSR count). The monoisotopic (exact) mass is 436 g/mol. The maximum absolute atomic E-state index is 13.3. The van der Waals surface area contributed by atoms with E-state index in [0.29, 0.717) is 24.5 Å². The number of hydrogen-bond donors (Lipinski definition) is 2. The zero-order valence-corrected chi connectivity index (χ0v) is 17.1. The second-order valence-corrected chi connectivity index (χ2v) is 9.55. The lowest BCUT2D eigenvalue weighted by Gasteiger charge is -2.39. The van der Waals surface area contributed by atoms with Gasteiger partial charge >= 0.3 is 0 Å². The van der Waals surface area contributed by atoms with Crippen molar-refractivity contribution in [2.24, 2.45) is 5.92 Å². The van der Waals surface area contributed by atoms with Gasteiger partial charge < -0.3 is 4.74 Å². The van der Waals surface area contributed by atoms with E-state index in [0.717, 1.165) is 11.1 Å². The van der Waals surface area contributed by atoms with Gasteiger partial charge in [-0.1, -0.05) is 35.9 Å². The van der Waals surface area contributed by atoms with Gasteiger partial charge in [-0.05, 0) is 48.2 Å². The van der Waals surface area contributed by atoms with Crippen molar-refractivity contribution in [3.8, 4) is 11.1 Å². The summed E-state index contributed by atoms with van der Waals surface area (Å²) in [6.45, 7) is 0.634. The lowest BCUT2D eigenvalue weighted by Crippen LogP contribution is -2.58. The average molecular weight is 437 g/mol. The molecule has 2 fully saturated rings. The molecule has 3 atom stereocenters. The van der Waals surface area contributed by atoms with Crippen LogP contribution < -0.4 is 5.48 Å². The van der Waals surface area contributed by atoms with Crippen molar-refractivity contribution in [2.75, 3.05) is 13.2 Å². The molecule has 1 amide bonds. The third-order valence-electron chi connectivity index (χ3n) is 5.63. The number of hydrogen-bond acceptors (Lipinski definition) is 5. The zero-order chi connectivity index (χ0) is 20.6. The molecular weight excluding hydrogens is 416 g/mol. The molecular formula is C20H21ClN2O5S. The highest BCUT2D eigenvalue weighted by Crippen LogP contribution is 2.37. The molecule has 9 heteroatoms. The molecule has 0 radical (unpaired) electrons. The highest BCUT2D eigenvalue weighted by molar-refractivity contribution is 7.89. The molecule has 2 aliphatic heterocycles. The van der Waals surface area contributed by atoms with Crippen LogP contribution in [0.3, 0.4) is 0 Å². The Balaban J connectivity index is 1.64. The number of hydroxylamine groups is 1. The number of halogens is 1. The predicted octanol–water partition coefficient (Wildman–Crippen LogP) is 2.68. The first kappa shape index (κ1) is 20.3. The van der Waals surface area contributed by atoms with Gasteiger partial charge in [-0.2, -0.15) is 4.31 Å². The first-order valence-electron chi connectivity index (χ1n) is 9.35. The molecule has 2 aromatic carbocycles. The molecule has 29 heavy (non-hydrogen) atoms. The number of fused-ring (bicyclic) bond motifs is 1. The van der Waals surface area contributed by atoms with E-state index in [2.05, 4.69) is 0 Å². The third kappa shape index (κ3) is 3.78. The molecule has 2 aromatic rings. The van der Waals surface area contributed by atoms with Gasteiger partial charge in [0, 0.05) is 24.1 Å². The van der Waals surface area contributed by atoms with Crippen molar-refractivity contribution in [3.63, 3.8) is 0 Å². The zero-order valence-electron chi connectivity index (χ0n) is 15.5. The second-order valence-electron chi connectivity index (χ2n) is 7.22. The van der Waals surface area contributed by atoms with E-state index in [1.807, 2.05) is 12.1 Å². The Hall–Kier alpha value is -1.97. The minimum atomic E-state index is -3.93. The fourth-order valence-corrected chi connectivity index (χ4v) is 5.96. The lowest BCUT2D eigenvalue weighted by atomic mass is 9.87. The summed E-state index contributed by atoms with van der Waals surface area (Å²) >= 11 is 5.92. The SMILES string of the molecule is O=C(NO)[C@H]1[C@H]2CCO[C@H]2CCN1S(=O)(=O)c1ccc(-c2ccc(Cl)cc2)cc1. The quantitative estimate of drug-likeness (QED) is 0.567. The topological polar surface area (TPSA) is 95.9 Å². The van der Waals surface area contributed by atoms with Crippen LogP contribution in [-0.2, 0) is 19.6 Å². The number of piperidine rings is 1. The molecule has 2 N–H and O–H groups in total. The summed E-state index contributed by atoms with van der Waals surface area (Å²) in [6.07, 6.45) is 0.919. The van der Waals surface area contributed by atoms with Gasteiger partial charge in [0.1, 0.15) is 6.04 Å². The molecule has 7 nitrogen and oxygen atoms in total. The van der Waals surface area contributed by atoms with Crippen molar-refractivity contribution in [1.82, 2.24) is 9.79 Å². The van der Waals surface area contributed by atoms with Crippen LogP contribution in [0.5, 0.6) is 0 Å². The molecule has 0 spiro atoms. The number of benzene rings is 2. The lowest BCUT2D eigenvalue weighted by molar-refractivity contribution is -0.137. The molecule has 2 saturated heterocycles. The van der Waals surface area contributed by atoms with Crippen LogP contribution in [0.2, 0.25) is 5.02 Å². The molecule has 0 aliphatic carbocycles. The number of amides is 1. The Kier molecular flexibility index (Phi) is 5.63. The first-order valence-corrected chi connectivity index (χ1v) is 11.2. The Morgan fingerprint density at radius 3 is 2.31 bits per heavy atom. The van der Waals surface area contributed by atoms with Crippen molar-refractivity contribution in [1.29, 1.82) is 0 Å². The molecule has 2 heterocycles. The first-order chi connectivity index (χ1) is 13.9. The van der Waals surface area contributed by atoms with Crippen LogP contribution in [0, 0.1) is 5.92 Å². The van der Waals surface area contributed by atoms with Gasteiger partial charge in [-0.3, -0.25) is 10.0 Å². The summed E-state index contributed by atoms with van der Waals surface area (Å²) in [7, 11) is -3.93. The number of nitrogens with one attached hydrogen (secondary N) is 1. The molecule has 0 bridgehead atoms. The van der Waals surface area contributed by atoms with E-state index in [4.69, 9.17) is 16.3 Å². The summed E-state index contributed by atoms with van der Waals surface area (Å²) in [5, 5.41) is 9.80. The number of ether oxygens (including phenoxy) is 1. The standard InChI is InChI=1S/C20H21ClN2O5S/c21-15-5-1-13(2-6-15)14-3-7-16(8-4-14)29(26,27)23-11-9-18-17(10-12-28-18)19(23)20(24)22-25/h1-8,17-19,25H,9-12H2,(H,22,24)/t17-,18-,19+/m0/s1. The number of nitrogens with zero attached hydrogens (tertiary/aromatic N) is 1. The van der Waals surface area contributed by atoms with Crippen molar-refractivity contribution < 1.29 is 23.2 Å². The number of sulfonamides is 1. The molecule has 0 aromatic heterocycles. The minimum absolute atomic E-state index is 0.100. The van der Waals surface area contributed by atoms with Gasteiger partial charge in [0.05, 0.1) is 11.0 Å². The number of carbonyl (C=O) groups is 1. The fourth-order valence-electron chi connectivity index (χ4n) is 4.19. The predicted molar refractivity (Wildman–Crippen MR) is 107 cm³/mol. The summed E-state index contributed by atoms with van der Waals surface area (Å²) in [4.78, 5) is 12.4. The number of carbonyl (C=O) groups excluding carboxylic acids is 1. The van der Waals surface area contributed by atoms with E-state index in [1.165, 1.54) is 16.4 Å². The normalized spacial score (nSPS) is 24.8. The van der Waals surface area contributed by atoms with Crippen LogP contribution in [0.25, 0.3) is 11.1 Å². The largest absolute Gasteiger partial charge is 0.378 e. The van der Waals surface area contributed by atoms with Crippen LogP contribution >= 0.6 is 11.6 Å².